The van der Waals surface area contributed by atoms with Crippen molar-refractivity contribution in [1.29, 1.82) is 0 Å². The summed E-state index contributed by atoms with van der Waals surface area (Å²) in [7, 11) is 0. The first-order valence-corrected chi connectivity index (χ1v) is 7.80. The molecule has 2 unspecified atom stereocenters. The van der Waals surface area contributed by atoms with E-state index in [0.29, 0.717) is 12.6 Å². The van der Waals surface area contributed by atoms with Crippen LogP contribution in [0.4, 0.5) is 0 Å². The first-order valence-electron chi connectivity index (χ1n) is 7.42. The van der Waals surface area contributed by atoms with Crippen LogP contribution in [0.15, 0.2) is 42.5 Å². The maximum Gasteiger partial charge on any atom is 0.0483 e. The average Bonchev–Trinajstić information content (AvgIpc) is 2.90. The van der Waals surface area contributed by atoms with Gasteiger partial charge in [-0.2, -0.15) is 0 Å². The smallest absolute Gasteiger partial charge is 0.0483 e. The first-order chi connectivity index (χ1) is 10.1. The molecule has 2 aromatic carbocycles. The summed E-state index contributed by atoms with van der Waals surface area (Å²) >= 11 is 6.28. The molecular weight excluding hydrogens is 280 g/mol. The van der Waals surface area contributed by atoms with E-state index >= 15 is 0 Å². The van der Waals surface area contributed by atoms with Crippen molar-refractivity contribution in [1.82, 2.24) is 4.90 Å². The van der Waals surface area contributed by atoms with Gasteiger partial charge in [0.1, 0.15) is 0 Å². The summed E-state index contributed by atoms with van der Waals surface area (Å²) in [5, 5.41) is 0.846. The quantitative estimate of drug-likeness (QED) is 0.919. The molecule has 0 aromatic heterocycles. The lowest BCUT2D eigenvalue weighted by Gasteiger charge is -2.30. The Kier molecular flexibility index (Phi) is 4.03. The van der Waals surface area contributed by atoms with Crippen LogP contribution in [-0.2, 0) is 6.54 Å². The molecule has 2 aromatic rings. The molecule has 0 aliphatic carbocycles. The molecular formula is C18H21ClN2. The van der Waals surface area contributed by atoms with Crippen molar-refractivity contribution in [2.24, 2.45) is 5.73 Å². The van der Waals surface area contributed by atoms with Crippen molar-refractivity contribution >= 4 is 11.6 Å². The molecule has 0 bridgehead atoms. The first kappa shape index (κ1) is 14.6. The summed E-state index contributed by atoms with van der Waals surface area (Å²) in [6, 6.07) is 15.3. The van der Waals surface area contributed by atoms with Crippen LogP contribution in [0.25, 0.3) is 0 Å². The fraction of sp³-hybridized carbons (Fsp3) is 0.333. The van der Waals surface area contributed by atoms with E-state index in [1.54, 1.807) is 0 Å². The van der Waals surface area contributed by atoms with Crippen LogP contribution >= 0.6 is 11.6 Å². The SMILES string of the molecule is Cc1c(Cl)ccc2c1CN(C(C)c1ccccc1)C2CN. The zero-order valence-electron chi connectivity index (χ0n) is 12.5. The molecule has 0 radical (unpaired) electrons. The fourth-order valence-corrected chi connectivity index (χ4v) is 3.51. The maximum atomic E-state index is 6.28. The third-order valence-corrected chi connectivity index (χ3v) is 5.08. The molecule has 2 N–H and O–H groups in total. The number of rotatable bonds is 3. The Bertz CT molecular complexity index is 639. The Morgan fingerprint density at radius 2 is 1.95 bits per heavy atom. The Labute approximate surface area is 131 Å². The van der Waals surface area contributed by atoms with E-state index in [1.165, 1.54) is 22.3 Å². The molecule has 21 heavy (non-hydrogen) atoms. The van der Waals surface area contributed by atoms with Crippen LogP contribution in [0.5, 0.6) is 0 Å². The minimum atomic E-state index is 0.270. The molecule has 3 rings (SSSR count). The number of halogens is 1. The van der Waals surface area contributed by atoms with E-state index in [1.807, 2.05) is 6.07 Å². The largest absolute Gasteiger partial charge is 0.329 e. The van der Waals surface area contributed by atoms with Gasteiger partial charge in [-0.15, -0.1) is 0 Å². The second-order valence-electron chi connectivity index (χ2n) is 5.75. The van der Waals surface area contributed by atoms with Crippen molar-refractivity contribution in [2.45, 2.75) is 32.5 Å². The lowest BCUT2D eigenvalue weighted by Crippen LogP contribution is -2.30. The summed E-state index contributed by atoms with van der Waals surface area (Å²) in [5.41, 5.74) is 11.3. The average molecular weight is 301 g/mol. The highest BCUT2D eigenvalue weighted by molar-refractivity contribution is 6.31. The van der Waals surface area contributed by atoms with E-state index < -0.39 is 0 Å². The molecule has 0 spiro atoms. The van der Waals surface area contributed by atoms with Gasteiger partial charge in [0.2, 0.25) is 0 Å². The highest BCUT2D eigenvalue weighted by atomic mass is 35.5. The summed E-state index contributed by atoms with van der Waals surface area (Å²) in [6.07, 6.45) is 0. The molecule has 1 heterocycles. The minimum Gasteiger partial charge on any atom is -0.329 e. The van der Waals surface area contributed by atoms with Crippen molar-refractivity contribution in [3.63, 3.8) is 0 Å². The number of nitrogens with zero attached hydrogens (tertiary/aromatic N) is 1. The van der Waals surface area contributed by atoms with Gasteiger partial charge in [-0.3, -0.25) is 4.90 Å². The molecule has 0 fully saturated rings. The number of hydrogen-bond acceptors (Lipinski definition) is 2. The topological polar surface area (TPSA) is 29.3 Å². The van der Waals surface area contributed by atoms with Crippen LogP contribution in [0.1, 0.15) is 41.3 Å². The van der Waals surface area contributed by atoms with Gasteiger partial charge in [-0.1, -0.05) is 48.0 Å². The molecule has 1 aliphatic heterocycles. The normalized spacial score (nSPS) is 19.5. The van der Waals surface area contributed by atoms with Gasteiger partial charge in [0.25, 0.3) is 0 Å². The maximum absolute atomic E-state index is 6.28. The van der Waals surface area contributed by atoms with E-state index in [-0.39, 0.29) is 6.04 Å². The van der Waals surface area contributed by atoms with Gasteiger partial charge in [0.15, 0.2) is 0 Å². The van der Waals surface area contributed by atoms with Crippen molar-refractivity contribution in [2.75, 3.05) is 6.54 Å². The van der Waals surface area contributed by atoms with E-state index in [4.69, 9.17) is 17.3 Å². The Hall–Kier alpha value is -1.35. The third kappa shape index (κ3) is 2.48. The molecule has 2 nitrogen and oxygen atoms in total. The van der Waals surface area contributed by atoms with E-state index in [9.17, 15) is 0 Å². The van der Waals surface area contributed by atoms with Crippen molar-refractivity contribution in [3.05, 3.63) is 69.7 Å². The summed E-state index contributed by atoms with van der Waals surface area (Å²) in [5.74, 6) is 0. The monoisotopic (exact) mass is 300 g/mol. The molecule has 0 amide bonds. The zero-order valence-corrected chi connectivity index (χ0v) is 13.3. The molecule has 1 aliphatic rings. The lowest BCUT2D eigenvalue weighted by molar-refractivity contribution is 0.161. The number of hydrogen-bond donors (Lipinski definition) is 1. The number of benzene rings is 2. The number of fused-ring (bicyclic) bond motifs is 1. The van der Waals surface area contributed by atoms with Gasteiger partial charge >= 0.3 is 0 Å². The zero-order chi connectivity index (χ0) is 15.0. The van der Waals surface area contributed by atoms with Gasteiger partial charge in [0.05, 0.1) is 0 Å². The van der Waals surface area contributed by atoms with Crippen molar-refractivity contribution < 1.29 is 0 Å². The Morgan fingerprint density at radius 1 is 1.24 bits per heavy atom. The molecule has 110 valence electrons. The molecule has 3 heteroatoms. The van der Waals surface area contributed by atoms with Gasteiger partial charge < -0.3 is 5.73 Å². The Morgan fingerprint density at radius 3 is 2.62 bits per heavy atom. The van der Waals surface area contributed by atoms with Crippen LogP contribution in [-0.4, -0.2) is 11.4 Å². The standard InChI is InChI=1S/C18H21ClN2/c1-12-16-11-21(13(2)14-6-4-3-5-7-14)18(10-20)15(16)8-9-17(12)19/h3-9,13,18H,10-11,20H2,1-2H3. The van der Waals surface area contributed by atoms with Crippen LogP contribution in [0.2, 0.25) is 5.02 Å². The van der Waals surface area contributed by atoms with Crippen LogP contribution in [0, 0.1) is 6.92 Å². The van der Waals surface area contributed by atoms with Gasteiger partial charge in [-0.05, 0) is 42.2 Å². The highest BCUT2D eigenvalue weighted by Crippen LogP contribution is 2.41. The second-order valence-corrected chi connectivity index (χ2v) is 6.16. The predicted molar refractivity (Wildman–Crippen MR) is 88.4 cm³/mol. The lowest BCUT2D eigenvalue weighted by atomic mass is 10.0. The minimum absolute atomic E-state index is 0.270. The summed E-state index contributed by atoms with van der Waals surface area (Å²) < 4.78 is 0. The van der Waals surface area contributed by atoms with Crippen LogP contribution in [0.3, 0.4) is 0 Å². The molecule has 0 saturated carbocycles. The predicted octanol–water partition coefficient (Wildman–Crippen LogP) is 4.23. The van der Waals surface area contributed by atoms with Gasteiger partial charge in [0, 0.05) is 30.2 Å². The number of nitrogens with two attached hydrogens (primary N) is 1. The van der Waals surface area contributed by atoms with E-state index in [0.717, 1.165) is 11.6 Å². The Balaban J connectivity index is 1.97. The molecule has 2 atom stereocenters. The summed E-state index contributed by atoms with van der Waals surface area (Å²) in [4.78, 5) is 2.48. The molecule has 0 saturated heterocycles. The highest BCUT2D eigenvalue weighted by Gasteiger charge is 2.34. The van der Waals surface area contributed by atoms with Gasteiger partial charge in [-0.25, -0.2) is 0 Å². The van der Waals surface area contributed by atoms with E-state index in [2.05, 4.69) is 55.1 Å². The second kappa shape index (κ2) is 5.80. The third-order valence-electron chi connectivity index (χ3n) is 4.67. The van der Waals surface area contributed by atoms with Crippen molar-refractivity contribution in [3.8, 4) is 0 Å². The van der Waals surface area contributed by atoms with Crippen LogP contribution < -0.4 is 5.73 Å². The summed E-state index contributed by atoms with van der Waals surface area (Å²) in [6.45, 7) is 5.90. The fourth-order valence-electron chi connectivity index (χ4n) is 3.33.